The summed E-state index contributed by atoms with van der Waals surface area (Å²) in [5, 5.41) is 6.49. The summed E-state index contributed by atoms with van der Waals surface area (Å²) in [6, 6.07) is 14.2. The molecule has 2 amide bonds. The van der Waals surface area contributed by atoms with Crippen molar-refractivity contribution in [2.45, 2.75) is 38.6 Å². The molecule has 1 atom stereocenters. The van der Waals surface area contributed by atoms with Gasteiger partial charge in [0.1, 0.15) is 6.04 Å². The maximum Gasteiger partial charge on any atom is 0.251 e. The minimum Gasteiger partial charge on any atom is -0.340 e. The first-order chi connectivity index (χ1) is 16.2. The van der Waals surface area contributed by atoms with Crippen molar-refractivity contribution in [3.05, 3.63) is 66.4 Å². The van der Waals surface area contributed by atoms with Crippen molar-refractivity contribution in [2.75, 3.05) is 18.4 Å². The van der Waals surface area contributed by atoms with E-state index in [0.717, 1.165) is 10.9 Å². The Bertz CT molecular complexity index is 1290. The number of anilines is 1. The van der Waals surface area contributed by atoms with E-state index in [2.05, 4.69) is 15.6 Å². The lowest BCUT2D eigenvalue weighted by molar-refractivity contribution is -0.118. The molecule has 3 rings (SSSR count). The predicted molar refractivity (Wildman–Crippen MR) is 133 cm³/mol. The van der Waals surface area contributed by atoms with E-state index in [4.69, 9.17) is 0 Å². The van der Waals surface area contributed by atoms with Gasteiger partial charge in [0.05, 0.1) is 10.4 Å². The molecule has 2 aromatic carbocycles. The van der Waals surface area contributed by atoms with E-state index in [0.29, 0.717) is 18.8 Å². The zero-order valence-electron chi connectivity index (χ0n) is 19.8. The van der Waals surface area contributed by atoms with Gasteiger partial charge in [-0.25, -0.2) is 8.42 Å². The minimum absolute atomic E-state index is 0.0409. The number of sulfonamides is 1. The van der Waals surface area contributed by atoms with Gasteiger partial charge in [0, 0.05) is 35.9 Å². The zero-order valence-corrected chi connectivity index (χ0v) is 20.6. The SMILES string of the molecule is CCN(CC)S(=O)(=O)c1cccc(C(=O)NC(C(=O)Nc2ccc3ncccc3c2)C(C)C)c1. The Kier molecular flexibility index (Phi) is 8.01. The second-order valence-corrected chi connectivity index (χ2v) is 10.2. The van der Waals surface area contributed by atoms with Crippen LogP contribution in [-0.2, 0) is 14.8 Å². The van der Waals surface area contributed by atoms with Crippen molar-refractivity contribution in [2.24, 2.45) is 5.92 Å². The Balaban J connectivity index is 1.78. The van der Waals surface area contributed by atoms with Crippen LogP contribution >= 0.6 is 0 Å². The molecule has 180 valence electrons. The van der Waals surface area contributed by atoms with E-state index in [1.807, 2.05) is 38.1 Å². The van der Waals surface area contributed by atoms with Gasteiger partial charge in [0.2, 0.25) is 15.9 Å². The number of benzene rings is 2. The molecule has 1 unspecified atom stereocenters. The lowest BCUT2D eigenvalue weighted by atomic mass is 10.0. The number of amides is 2. The molecule has 0 aliphatic heterocycles. The molecule has 34 heavy (non-hydrogen) atoms. The first-order valence-corrected chi connectivity index (χ1v) is 12.7. The number of hydrogen-bond donors (Lipinski definition) is 2. The number of aromatic nitrogens is 1. The van der Waals surface area contributed by atoms with Crippen molar-refractivity contribution in [1.82, 2.24) is 14.6 Å². The molecule has 0 bridgehead atoms. The van der Waals surface area contributed by atoms with Crippen LogP contribution in [0.3, 0.4) is 0 Å². The van der Waals surface area contributed by atoms with Gasteiger partial charge in [0.25, 0.3) is 5.91 Å². The Morgan fingerprint density at radius 1 is 1.00 bits per heavy atom. The van der Waals surface area contributed by atoms with Gasteiger partial charge in [-0.2, -0.15) is 4.31 Å². The summed E-state index contributed by atoms with van der Waals surface area (Å²) in [5.74, 6) is -1.08. The highest BCUT2D eigenvalue weighted by Crippen LogP contribution is 2.19. The molecule has 0 saturated heterocycles. The van der Waals surface area contributed by atoms with Crippen molar-refractivity contribution in [3.8, 4) is 0 Å². The second kappa shape index (κ2) is 10.8. The molecule has 0 fully saturated rings. The quantitative estimate of drug-likeness (QED) is 0.484. The molecule has 0 saturated carbocycles. The molecule has 1 aromatic heterocycles. The van der Waals surface area contributed by atoms with Gasteiger partial charge in [-0.1, -0.05) is 39.8 Å². The standard InChI is InChI=1S/C25H30N4O4S/c1-5-29(6-2)34(32,33)21-11-7-9-19(16-21)24(30)28-23(17(3)4)25(31)27-20-12-13-22-18(15-20)10-8-14-26-22/h7-17,23H,5-6H2,1-4H3,(H,27,31)(H,28,30). The summed E-state index contributed by atoms with van der Waals surface area (Å²) < 4.78 is 27.0. The Labute approximate surface area is 200 Å². The van der Waals surface area contributed by atoms with Crippen molar-refractivity contribution < 1.29 is 18.0 Å². The Morgan fingerprint density at radius 2 is 1.74 bits per heavy atom. The lowest BCUT2D eigenvalue weighted by Crippen LogP contribution is -2.47. The maximum atomic E-state index is 13.0. The van der Waals surface area contributed by atoms with E-state index < -0.39 is 22.0 Å². The van der Waals surface area contributed by atoms with Crippen LogP contribution in [0.4, 0.5) is 5.69 Å². The second-order valence-electron chi connectivity index (χ2n) is 8.21. The highest BCUT2D eigenvalue weighted by atomic mass is 32.2. The Morgan fingerprint density at radius 3 is 2.41 bits per heavy atom. The number of hydrogen-bond acceptors (Lipinski definition) is 5. The van der Waals surface area contributed by atoms with Crippen molar-refractivity contribution in [1.29, 1.82) is 0 Å². The smallest absolute Gasteiger partial charge is 0.251 e. The van der Waals surface area contributed by atoms with Crippen molar-refractivity contribution in [3.63, 3.8) is 0 Å². The summed E-state index contributed by atoms with van der Waals surface area (Å²) in [6.07, 6.45) is 1.70. The van der Waals surface area contributed by atoms with Crippen LogP contribution in [0.15, 0.2) is 65.7 Å². The predicted octanol–water partition coefficient (Wildman–Crippen LogP) is 3.66. The number of nitrogens with zero attached hydrogens (tertiary/aromatic N) is 2. The molecule has 0 aliphatic rings. The third-order valence-electron chi connectivity index (χ3n) is 5.55. The average molecular weight is 483 g/mol. The fourth-order valence-electron chi connectivity index (χ4n) is 3.64. The van der Waals surface area contributed by atoms with Gasteiger partial charge in [-0.15, -0.1) is 0 Å². The molecule has 1 heterocycles. The van der Waals surface area contributed by atoms with E-state index in [9.17, 15) is 18.0 Å². The lowest BCUT2D eigenvalue weighted by Gasteiger charge is -2.22. The van der Waals surface area contributed by atoms with Crippen LogP contribution in [0.5, 0.6) is 0 Å². The summed E-state index contributed by atoms with van der Waals surface area (Å²) >= 11 is 0. The average Bonchev–Trinajstić information content (AvgIpc) is 2.82. The number of carbonyl (C=O) groups is 2. The topological polar surface area (TPSA) is 108 Å². The molecule has 3 aromatic rings. The summed E-state index contributed by atoms with van der Waals surface area (Å²) in [7, 11) is -3.71. The summed E-state index contributed by atoms with van der Waals surface area (Å²) in [6.45, 7) is 7.84. The first kappa shape index (κ1) is 25.3. The van der Waals surface area contributed by atoms with Gasteiger partial charge < -0.3 is 10.6 Å². The zero-order chi connectivity index (χ0) is 24.9. The normalized spacial score (nSPS) is 12.6. The molecular weight excluding hydrogens is 452 g/mol. The monoisotopic (exact) mass is 482 g/mol. The molecule has 9 heteroatoms. The molecule has 0 spiro atoms. The van der Waals surface area contributed by atoms with Gasteiger partial charge >= 0.3 is 0 Å². The number of rotatable bonds is 9. The molecule has 0 aliphatic carbocycles. The fourth-order valence-corrected chi connectivity index (χ4v) is 5.15. The summed E-state index contributed by atoms with van der Waals surface area (Å²) in [4.78, 5) is 30.3. The van der Waals surface area contributed by atoms with Crippen LogP contribution < -0.4 is 10.6 Å². The molecule has 0 radical (unpaired) electrons. The number of carbonyl (C=O) groups excluding carboxylic acids is 2. The third-order valence-corrected chi connectivity index (χ3v) is 7.59. The van der Waals surface area contributed by atoms with Gasteiger partial charge in [0.15, 0.2) is 0 Å². The summed E-state index contributed by atoms with van der Waals surface area (Å²) in [5.41, 5.74) is 1.58. The van der Waals surface area contributed by atoms with Crippen LogP contribution in [-0.4, -0.2) is 48.7 Å². The molecule has 2 N–H and O–H groups in total. The fraction of sp³-hybridized carbons (Fsp3) is 0.320. The van der Waals surface area contributed by atoms with E-state index in [1.54, 1.807) is 26.1 Å². The maximum absolute atomic E-state index is 13.0. The van der Waals surface area contributed by atoms with E-state index in [1.165, 1.54) is 28.6 Å². The number of fused-ring (bicyclic) bond motifs is 1. The number of pyridine rings is 1. The van der Waals surface area contributed by atoms with E-state index in [-0.39, 0.29) is 22.3 Å². The van der Waals surface area contributed by atoms with Crippen LogP contribution in [0, 0.1) is 5.92 Å². The van der Waals surface area contributed by atoms with E-state index >= 15 is 0 Å². The highest BCUT2D eigenvalue weighted by molar-refractivity contribution is 7.89. The van der Waals surface area contributed by atoms with Crippen LogP contribution in [0.2, 0.25) is 0 Å². The van der Waals surface area contributed by atoms with Crippen molar-refractivity contribution >= 4 is 38.4 Å². The highest BCUT2D eigenvalue weighted by Gasteiger charge is 2.26. The van der Waals surface area contributed by atoms with Crippen LogP contribution in [0.25, 0.3) is 10.9 Å². The van der Waals surface area contributed by atoms with Gasteiger partial charge in [-0.05, 0) is 48.4 Å². The number of nitrogens with one attached hydrogen (secondary N) is 2. The molecular formula is C25H30N4O4S. The van der Waals surface area contributed by atoms with Crippen LogP contribution in [0.1, 0.15) is 38.1 Å². The minimum atomic E-state index is -3.71. The molecule has 8 nitrogen and oxygen atoms in total. The first-order valence-electron chi connectivity index (χ1n) is 11.2. The van der Waals surface area contributed by atoms with Gasteiger partial charge in [-0.3, -0.25) is 14.6 Å². The third kappa shape index (κ3) is 5.60. The largest absolute Gasteiger partial charge is 0.340 e. The Hall–Kier alpha value is -3.30.